The van der Waals surface area contributed by atoms with Gasteiger partial charge in [0.2, 0.25) is 0 Å². The standard InChI is InChI=1S/C16H20N2O3/c1-16(20)7-4-9-18(10-8-16)15(19)12-21-14-6-3-2-5-13(14)11-17/h2-3,5-6,20H,4,7-10,12H2,1H3. The zero-order valence-electron chi connectivity index (χ0n) is 12.2. The van der Waals surface area contributed by atoms with Gasteiger partial charge in [-0.2, -0.15) is 5.26 Å². The molecule has 1 amide bonds. The van der Waals surface area contributed by atoms with Crippen molar-refractivity contribution >= 4 is 5.91 Å². The smallest absolute Gasteiger partial charge is 0.260 e. The van der Waals surface area contributed by atoms with Crippen molar-refractivity contribution in [2.75, 3.05) is 19.7 Å². The number of amides is 1. The van der Waals surface area contributed by atoms with Crippen LogP contribution in [0.25, 0.3) is 0 Å². The third kappa shape index (κ3) is 4.20. The topological polar surface area (TPSA) is 73.6 Å². The fourth-order valence-electron chi connectivity index (χ4n) is 2.43. The number of aliphatic hydroxyl groups is 1. The highest BCUT2D eigenvalue weighted by molar-refractivity contribution is 5.77. The molecule has 0 aliphatic carbocycles. The van der Waals surface area contributed by atoms with Crippen LogP contribution in [0.2, 0.25) is 0 Å². The lowest BCUT2D eigenvalue weighted by molar-refractivity contribution is -0.133. The number of carbonyl (C=O) groups excluding carboxylic acids is 1. The van der Waals surface area contributed by atoms with Crippen LogP contribution in [0.3, 0.4) is 0 Å². The van der Waals surface area contributed by atoms with E-state index in [0.29, 0.717) is 37.2 Å². The van der Waals surface area contributed by atoms with Gasteiger partial charge in [0.15, 0.2) is 6.61 Å². The van der Waals surface area contributed by atoms with E-state index in [-0.39, 0.29) is 12.5 Å². The molecule has 0 aromatic heterocycles. The van der Waals surface area contributed by atoms with Gasteiger partial charge in [-0.1, -0.05) is 12.1 Å². The number of carbonyl (C=O) groups is 1. The number of para-hydroxylation sites is 1. The number of rotatable bonds is 3. The first kappa shape index (κ1) is 15.3. The minimum absolute atomic E-state index is 0.0825. The maximum atomic E-state index is 12.2. The number of hydrogen-bond acceptors (Lipinski definition) is 4. The van der Waals surface area contributed by atoms with Crippen LogP contribution in [0.5, 0.6) is 5.75 Å². The molecular formula is C16H20N2O3. The van der Waals surface area contributed by atoms with Crippen LogP contribution in [-0.4, -0.2) is 41.2 Å². The van der Waals surface area contributed by atoms with Crippen LogP contribution in [0, 0.1) is 11.3 Å². The molecule has 5 heteroatoms. The molecule has 21 heavy (non-hydrogen) atoms. The molecule has 0 saturated carbocycles. The van der Waals surface area contributed by atoms with Gasteiger partial charge >= 0.3 is 0 Å². The largest absolute Gasteiger partial charge is 0.482 e. The van der Waals surface area contributed by atoms with Gasteiger partial charge < -0.3 is 14.7 Å². The Morgan fingerprint density at radius 1 is 1.43 bits per heavy atom. The number of hydrogen-bond donors (Lipinski definition) is 1. The number of likely N-dealkylation sites (tertiary alicyclic amines) is 1. The van der Waals surface area contributed by atoms with E-state index in [1.165, 1.54) is 0 Å². The minimum atomic E-state index is -0.691. The summed E-state index contributed by atoms with van der Waals surface area (Å²) in [4.78, 5) is 13.9. The molecule has 0 spiro atoms. The van der Waals surface area contributed by atoms with Crippen LogP contribution in [0.15, 0.2) is 24.3 Å². The molecule has 0 bridgehead atoms. The molecule has 2 rings (SSSR count). The lowest BCUT2D eigenvalue weighted by Gasteiger charge is -2.22. The molecule has 1 saturated heterocycles. The summed E-state index contributed by atoms with van der Waals surface area (Å²) in [6.45, 7) is 2.90. The number of nitrogens with zero attached hydrogens (tertiary/aromatic N) is 2. The first-order valence-corrected chi connectivity index (χ1v) is 7.14. The highest BCUT2D eigenvalue weighted by Gasteiger charge is 2.27. The summed E-state index contributed by atoms with van der Waals surface area (Å²) in [5.74, 6) is 0.315. The molecule has 1 aromatic rings. The predicted molar refractivity (Wildman–Crippen MR) is 77.7 cm³/mol. The SMILES string of the molecule is CC1(O)CCCN(C(=O)COc2ccccc2C#N)CC1. The third-order valence-electron chi connectivity index (χ3n) is 3.78. The number of benzene rings is 1. The molecule has 1 aromatic carbocycles. The summed E-state index contributed by atoms with van der Waals surface area (Å²) in [6.07, 6.45) is 2.07. The second-order valence-electron chi connectivity index (χ2n) is 5.63. The molecule has 1 aliphatic heterocycles. The third-order valence-corrected chi connectivity index (χ3v) is 3.78. The maximum absolute atomic E-state index is 12.2. The Kier molecular flexibility index (Phi) is 4.81. The van der Waals surface area contributed by atoms with Gasteiger partial charge in [-0.25, -0.2) is 0 Å². The first-order valence-electron chi connectivity index (χ1n) is 7.14. The highest BCUT2D eigenvalue weighted by atomic mass is 16.5. The molecule has 1 atom stereocenters. The molecule has 1 unspecified atom stereocenters. The fourth-order valence-corrected chi connectivity index (χ4v) is 2.43. The summed E-state index contributed by atoms with van der Waals surface area (Å²) in [5.41, 5.74) is -0.271. The Labute approximate surface area is 124 Å². The van der Waals surface area contributed by atoms with Crippen molar-refractivity contribution < 1.29 is 14.6 Å². The van der Waals surface area contributed by atoms with Crippen molar-refractivity contribution in [1.29, 1.82) is 5.26 Å². The average Bonchev–Trinajstić information content (AvgIpc) is 2.66. The second kappa shape index (κ2) is 6.59. The van der Waals surface area contributed by atoms with Gasteiger partial charge in [-0.15, -0.1) is 0 Å². The molecule has 1 aliphatic rings. The molecule has 112 valence electrons. The van der Waals surface area contributed by atoms with E-state index >= 15 is 0 Å². The summed E-state index contributed by atoms with van der Waals surface area (Å²) in [7, 11) is 0. The predicted octanol–water partition coefficient (Wildman–Crippen LogP) is 1.70. The van der Waals surface area contributed by atoms with E-state index in [4.69, 9.17) is 10.00 Å². The van der Waals surface area contributed by atoms with Crippen molar-refractivity contribution in [2.24, 2.45) is 0 Å². The number of nitriles is 1. The van der Waals surface area contributed by atoms with Gasteiger partial charge in [-0.05, 0) is 38.3 Å². The summed E-state index contributed by atoms with van der Waals surface area (Å²) in [5, 5.41) is 19.0. The molecular weight excluding hydrogens is 268 g/mol. The fraction of sp³-hybridized carbons (Fsp3) is 0.500. The summed E-state index contributed by atoms with van der Waals surface area (Å²) < 4.78 is 5.46. The Hall–Kier alpha value is -2.06. The first-order chi connectivity index (χ1) is 10.0. The van der Waals surface area contributed by atoms with Gasteiger partial charge in [-0.3, -0.25) is 4.79 Å². The van der Waals surface area contributed by atoms with Crippen LogP contribution < -0.4 is 4.74 Å². The van der Waals surface area contributed by atoms with E-state index in [1.807, 2.05) is 6.07 Å². The Morgan fingerprint density at radius 3 is 2.95 bits per heavy atom. The van der Waals surface area contributed by atoms with Crippen molar-refractivity contribution in [3.05, 3.63) is 29.8 Å². The van der Waals surface area contributed by atoms with Gasteiger partial charge in [0, 0.05) is 13.1 Å². The maximum Gasteiger partial charge on any atom is 0.260 e. The van der Waals surface area contributed by atoms with Gasteiger partial charge in [0.1, 0.15) is 11.8 Å². The molecule has 1 heterocycles. The monoisotopic (exact) mass is 288 g/mol. The Bertz CT molecular complexity index is 549. The second-order valence-corrected chi connectivity index (χ2v) is 5.63. The lowest BCUT2D eigenvalue weighted by atomic mass is 9.98. The summed E-state index contributed by atoms with van der Waals surface area (Å²) >= 11 is 0. The molecule has 5 nitrogen and oxygen atoms in total. The molecule has 1 N–H and O–H groups in total. The van der Waals surface area contributed by atoms with E-state index in [2.05, 4.69) is 0 Å². The quantitative estimate of drug-likeness (QED) is 0.918. The molecule has 1 fully saturated rings. The van der Waals surface area contributed by atoms with Crippen molar-refractivity contribution in [3.63, 3.8) is 0 Å². The average molecular weight is 288 g/mol. The van der Waals surface area contributed by atoms with Gasteiger partial charge in [0.05, 0.1) is 11.2 Å². The van der Waals surface area contributed by atoms with Crippen molar-refractivity contribution in [2.45, 2.75) is 31.8 Å². The van der Waals surface area contributed by atoms with Crippen LogP contribution in [0.4, 0.5) is 0 Å². The lowest BCUT2D eigenvalue weighted by Crippen LogP contribution is -2.36. The highest BCUT2D eigenvalue weighted by Crippen LogP contribution is 2.22. The molecule has 0 radical (unpaired) electrons. The van der Waals surface area contributed by atoms with E-state index in [1.54, 1.807) is 36.1 Å². The number of ether oxygens (including phenoxy) is 1. The minimum Gasteiger partial charge on any atom is -0.482 e. The van der Waals surface area contributed by atoms with Crippen LogP contribution >= 0.6 is 0 Å². The zero-order valence-corrected chi connectivity index (χ0v) is 12.2. The van der Waals surface area contributed by atoms with Crippen LogP contribution in [-0.2, 0) is 4.79 Å². The van der Waals surface area contributed by atoms with E-state index < -0.39 is 5.60 Å². The zero-order chi connectivity index (χ0) is 15.3. The summed E-state index contributed by atoms with van der Waals surface area (Å²) in [6, 6.07) is 8.89. The van der Waals surface area contributed by atoms with E-state index in [9.17, 15) is 9.90 Å². The Balaban J connectivity index is 1.91. The normalized spacial score (nSPS) is 22.2. The Morgan fingerprint density at radius 2 is 2.19 bits per heavy atom. The van der Waals surface area contributed by atoms with Crippen molar-refractivity contribution in [1.82, 2.24) is 4.90 Å². The van der Waals surface area contributed by atoms with Gasteiger partial charge in [0.25, 0.3) is 5.91 Å². The van der Waals surface area contributed by atoms with Crippen molar-refractivity contribution in [3.8, 4) is 11.8 Å². The van der Waals surface area contributed by atoms with Crippen LogP contribution in [0.1, 0.15) is 31.7 Å². The van der Waals surface area contributed by atoms with E-state index in [0.717, 1.165) is 6.42 Å².